The maximum Gasteiger partial charge on any atom is 0.327 e. The Kier molecular flexibility index (Phi) is 5.11. The van der Waals surface area contributed by atoms with Gasteiger partial charge in [-0.1, -0.05) is 25.0 Å². The van der Waals surface area contributed by atoms with Crippen molar-refractivity contribution in [2.24, 2.45) is 0 Å². The predicted molar refractivity (Wildman–Crippen MR) is 92.0 cm³/mol. The van der Waals surface area contributed by atoms with Crippen LogP contribution in [-0.2, 0) is 19.1 Å². The number of nitrogens with zero attached hydrogens (tertiary/aromatic N) is 1. The van der Waals surface area contributed by atoms with E-state index in [1.54, 1.807) is 6.07 Å². The molecule has 8 nitrogen and oxygen atoms in total. The van der Waals surface area contributed by atoms with Crippen LogP contribution < -0.4 is 10.6 Å². The summed E-state index contributed by atoms with van der Waals surface area (Å²) in [7, 11) is 0. The zero-order chi connectivity index (χ0) is 19.6. The second-order valence-corrected chi connectivity index (χ2v) is 6.71. The number of para-hydroxylation sites is 1. The van der Waals surface area contributed by atoms with Crippen LogP contribution in [0.1, 0.15) is 32.6 Å². The fourth-order valence-electron chi connectivity index (χ4n) is 3.35. The van der Waals surface area contributed by atoms with Crippen LogP contribution in [0, 0.1) is 5.82 Å². The van der Waals surface area contributed by atoms with Gasteiger partial charge in [-0.25, -0.2) is 9.18 Å². The summed E-state index contributed by atoms with van der Waals surface area (Å²) < 4.78 is 18.6. The van der Waals surface area contributed by atoms with Crippen molar-refractivity contribution < 1.29 is 28.3 Å². The zero-order valence-electron chi connectivity index (χ0n) is 14.8. The number of imide groups is 1. The lowest BCUT2D eigenvalue weighted by Crippen LogP contribution is -2.44. The van der Waals surface area contributed by atoms with E-state index in [0.717, 1.165) is 17.7 Å². The molecular formula is C18H20FN3O5. The molecule has 2 fully saturated rings. The fourth-order valence-corrected chi connectivity index (χ4v) is 3.35. The first-order valence-electron chi connectivity index (χ1n) is 8.71. The van der Waals surface area contributed by atoms with E-state index in [1.807, 2.05) is 0 Å². The molecule has 1 aromatic carbocycles. The number of esters is 1. The number of benzene rings is 1. The van der Waals surface area contributed by atoms with E-state index in [9.17, 15) is 23.6 Å². The molecule has 0 bridgehead atoms. The van der Waals surface area contributed by atoms with Gasteiger partial charge in [0.1, 0.15) is 17.9 Å². The summed E-state index contributed by atoms with van der Waals surface area (Å²) >= 11 is 0. The maximum absolute atomic E-state index is 13.6. The van der Waals surface area contributed by atoms with Crippen molar-refractivity contribution in [3.05, 3.63) is 30.1 Å². The predicted octanol–water partition coefficient (Wildman–Crippen LogP) is 1.56. The highest BCUT2D eigenvalue weighted by Crippen LogP contribution is 2.34. The molecular weight excluding hydrogens is 357 g/mol. The van der Waals surface area contributed by atoms with Gasteiger partial charge in [0, 0.05) is 0 Å². The number of carbonyl (C=O) groups excluding carboxylic acids is 4. The van der Waals surface area contributed by atoms with Crippen molar-refractivity contribution >= 4 is 29.5 Å². The van der Waals surface area contributed by atoms with Gasteiger partial charge in [-0.05, 0) is 31.9 Å². The number of amides is 4. The van der Waals surface area contributed by atoms with Gasteiger partial charge < -0.3 is 15.4 Å². The van der Waals surface area contributed by atoms with E-state index >= 15 is 0 Å². The van der Waals surface area contributed by atoms with Gasteiger partial charge in [-0.3, -0.25) is 19.3 Å². The van der Waals surface area contributed by atoms with E-state index < -0.39 is 47.8 Å². The van der Waals surface area contributed by atoms with E-state index in [2.05, 4.69) is 10.6 Å². The van der Waals surface area contributed by atoms with Gasteiger partial charge in [-0.15, -0.1) is 0 Å². The number of urea groups is 1. The monoisotopic (exact) mass is 377 g/mol. The molecule has 1 heterocycles. The summed E-state index contributed by atoms with van der Waals surface area (Å²) in [5, 5.41) is 4.97. The molecule has 9 heteroatoms. The molecule has 0 aromatic heterocycles. The van der Waals surface area contributed by atoms with Gasteiger partial charge in [0.05, 0.1) is 5.69 Å². The molecule has 1 aromatic rings. The molecule has 1 saturated carbocycles. The molecule has 0 unspecified atom stereocenters. The second-order valence-electron chi connectivity index (χ2n) is 6.71. The summed E-state index contributed by atoms with van der Waals surface area (Å²) in [6, 6.07) is 4.94. The van der Waals surface area contributed by atoms with E-state index in [0.29, 0.717) is 12.8 Å². The van der Waals surface area contributed by atoms with Crippen LogP contribution in [0.15, 0.2) is 24.3 Å². The zero-order valence-corrected chi connectivity index (χ0v) is 14.8. The molecule has 4 amide bonds. The highest BCUT2D eigenvalue weighted by molar-refractivity contribution is 6.09. The Morgan fingerprint density at radius 1 is 1.30 bits per heavy atom. The smallest absolute Gasteiger partial charge is 0.327 e. The molecule has 1 spiro atoms. The molecule has 1 aliphatic carbocycles. The van der Waals surface area contributed by atoms with Crippen molar-refractivity contribution in [1.82, 2.24) is 10.2 Å². The lowest BCUT2D eigenvalue weighted by atomic mass is 9.98. The van der Waals surface area contributed by atoms with E-state index in [-0.39, 0.29) is 5.69 Å². The van der Waals surface area contributed by atoms with E-state index in [4.69, 9.17) is 4.74 Å². The number of halogens is 1. The lowest BCUT2D eigenvalue weighted by molar-refractivity contribution is -0.155. The quantitative estimate of drug-likeness (QED) is 0.599. The maximum atomic E-state index is 13.6. The minimum atomic E-state index is -1.22. The summed E-state index contributed by atoms with van der Waals surface area (Å²) in [5.41, 5.74) is -0.951. The molecule has 27 heavy (non-hydrogen) atoms. The third-order valence-corrected chi connectivity index (χ3v) is 4.80. The van der Waals surface area contributed by atoms with Gasteiger partial charge in [0.2, 0.25) is 0 Å². The van der Waals surface area contributed by atoms with Crippen LogP contribution in [0.5, 0.6) is 0 Å². The number of nitrogens with one attached hydrogen (secondary N) is 2. The first-order chi connectivity index (χ1) is 12.8. The SMILES string of the molecule is C[C@H](OC(=O)CN1C(=O)NC2(CCCC2)C1=O)C(=O)Nc1ccccc1F. The first kappa shape index (κ1) is 18.8. The third-order valence-electron chi connectivity index (χ3n) is 4.80. The van der Waals surface area contributed by atoms with Crippen molar-refractivity contribution in [3.8, 4) is 0 Å². The molecule has 1 saturated heterocycles. The number of hydrogen-bond donors (Lipinski definition) is 2. The molecule has 0 radical (unpaired) electrons. The number of hydrogen-bond acceptors (Lipinski definition) is 5. The molecule has 2 aliphatic rings. The second kappa shape index (κ2) is 7.34. The van der Waals surface area contributed by atoms with Crippen molar-refractivity contribution in [2.75, 3.05) is 11.9 Å². The number of rotatable bonds is 5. The van der Waals surface area contributed by atoms with E-state index in [1.165, 1.54) is 25.1 Å². The molecule has 1 aliphatic heterocycles. The number of anilines is 1. The highest BCUT2D eigenvalue weighted by atomic mass is 19.1. The Hall–Kier alpha value is -2.97. The standard InChI is InChI=1S/C18H20FN3O5/c1-11(15(24)20-13-7-3-2-6-12(13)19)27-14(23)10-22-16(25)18(21-17(22)26)8-4-5-9-18/h2-3,6-7,11H,4-5,8-10H2,1H3,(H,20,24)(H,21,26)/t11-/m0/s1. The van der Waals surface area contributed by atoms with Gasteiger partial charge in [-0.2, -0.15) is 0 Å². The summed E-state index contributed by atoms with van der Waals surface area (Å²) in [5.74, 6) is -2.68. The average molecular weight is 377 g/mol. The van der Waals surface area contributed by atoms with Crippen LogP contribution >= 0.6 is 0 Å². The average Bonchev–Trinajstić information content (AvgIpc) is 3.18. The first-order valence-corrected chi connectivity index (χ1v) is 8.71. The van der Waals surface area contributed by atoms with Crippen LogP contribution in [-0.4, -0.2) is 46.9 Å². The summed E-state index contributed by atoms with van der Waals surface area (Å²) in [4.78, 5) is 49.5. The van der Waals surface area contributed by atoms with Crippen molar-refractivity contribution in [1.29, 1.82) is 0 Å². The van der Waals surface area contributed by atoms with Gasteiger partial charge >= 0.3 is 12.0 Å². The Bertz CT molecular complexity index is 791. The third kappa shape index (κ3) is 3.76. The van der Waals surface area contributed by atoms with Crippen LogP contribution in [0.3, 0.4) is 0 Å². The van der Waals surface area contributed by atoms with Gasteiger partial charge in [0.15, 0.2) is 6.10 Å². The molecule has 1 atom stereocenters. The summed E-state index contributed by atoms with van der Waals surface area (Å²) in [6.07, 6.45) is 1.53. The fraction of sp³-hybridized carbons (Fsp3) is 0.444. The Labute approximate surface area is 155 Å². The number of ether oxygens (including phenoxy) is 1. The largest absolute Gasteiger partial charge is 0.451 e. The lowest BCUT2D eigenvalue weighted by Gasteiger charge is -2.20. The topological polar surface area (TPSA) is 105 Å². The van der Waals surface area contributed by atoms with Crippen LogP contribution in [0.2, 0.25) is 0 Å². The summed E-state index contributed by atoms with van der Waals surface area (Å²) in [6.45, 7) is 0.738. The minimum absolute atomic E-state index is 0.0392. The molecule has 2 N–H and O–H groups in total. The highest BCUT2D eigenvalue weighted by Gasteiger charge is 2.52. The van der Waals surface area contributed by atoms with Crippen LogP contribution in [0.25, 0.3) is 0 Å². The van der Waals surface area contributed by atoms with Crippen molar-refractivity contribution in [3.63, 3.8) is 0 Å². The molecule has 144 valence electrons. The van der Waals surface area contributed by atoms with Crippen LogP contribution in [0.4, 0.5) is 14.9 Å². The Morgan fingerprint density at radius 3 is 2.63 bits per heavy atom. The normalized spacial score (nSPS) is 19.1. The van der Waals surface area contributed by atoms with Crippen molar-refractivity contribution in [2.45, 2.75) is 44.2 Å². The Balaban J connectivity index is 1.56. The molecule has 3 rings (SSSR count). The number of carbonyl (C=O) groups is 4. The Morgan fingerprint density at radius 2 is 1.96 bits per heavy atom. The van der Waals surface area contributed by atoms with Gasteiger partial charge in [0.25, 0.3) is 11.8 Å². The minimum Gasteiger partial charge on any atom is -0.451 e.